The SMILES string of the molecule is CCCCCC/C=C\CCCCCCCCCC(=O)OC1C(O)C(O)C(OC2OC(CO)C(O)C(O)C2O)C(OP(=O)(O)OCC(COC(=O)CCCCCCCCCCCCCCCCC)OC(=O)CCCCCCCCCCCCCCCCC)C1OC1OC(COC(=O)CCCCCCCCC(C)CCCCCCCC)C(O)C(O)C1O. The summed E-state index contributed by atoms with van der Waals surface area (Å²) in [7, 11) is -5.81. The van der Waals surface area contributed by atoms with Crippen molar-refractivity contribution >= 4 is 31.7 Å². The normalized spacial score (nSPS) is 25.0. The molecule has 1 saturated carbocycles. The molecular formula is C94H175O25P. The number of aliphatic hydroxyl groups is 9. The van der Waals surface area contributed by atoms with Crippen molar-refractivity contribution in [3.63, 3.8) is 0 Å². The van der Waals surface area contributed by atoms with Crippen LogP contribution >= 0.6 is 7.82 Å². The molecule has 120 heavy (non-hydrogen) atoms. The summed E-state index contributed by atoms with van der Waals surface area (Å²) in [5.74, 6) is -2.27. The summed E-state index contributed by atoms with van der Waals surface area (Å²) in [4.78, 5) is 66.6. The Hall–Kier alpha value is -2.79. The average molecular weight is 1740 g/mol. The van der Waals surface area contributed by atoms with Crippen molar-refractivity contribution in [1.82, 2.24) is 0 Å². The van der Waals surface area contributed by atoms with E-state index < -0.39 is 162 Å². The Labute approximate surface area is 724 Å². The van der Waals surface area contributed by atoms with Crippen molar-refractivity contribution in [3.8, 4) is 0 Å². The number of carbonyl (C=O) groups is 4. The molecule has 25 nitrogen and oxygen atoms in total. The monoisotopic (exact) mass is 1740 g/mol. The first-order valence-corrected chi connectivity index (χ1v) is 50.3. The molecule has 706 valence electrons. The summed E-state index contributed by atoms with van der Waals surface area (Å²) < 4.78 is 73.6. The summed E-state index contributed by atoms with van der Waals surface area (Å²) >= 11 is 0. The van der Waals surface area contributed by atoms with Gasteiger partial charge in [0.25, 0.3) is 0 Å². The highest BCUT2D eigenvalue weighted by Gasteiger charge is 2.60. The minimum absolute atomic E-state index is 0.0155. The number of unbranched alkanes of at least 4 members (excludes halogenated alkanes) is 49. The Bertz CT molecular complexity index is 2550. The fourth-order valence-corrected chi connectivity index (χ4v) is 17.3. The Morgan fingerprint density at radius 2 is 0.675 bits per heavy atom. The highest BCUT2D eigenvalue weighted by atomic mass is 31.2. The summed E-state index contributed by atoms with van der Waals surface area (Å²) in [6.45, 7) is 7.95. The first-order valence-electron chi connectivity index (χ1n) is 48.8. The Balaban J connectivity index is 1.91. The molecule has 0 bridgehead atoms. The molecule has 2 saturated heterocycles. The van der Waals surface area contributed by atoms with Crippen LogP contribution in [-0.2, 0) is 70.7 Å². The molecule has 10 N–H and O–H groups in total. The minimum Gasteiger partial charge on any atom is -0.463 e. The molecule has 2 heterocycles. The number of esters is 4. The third-order valence-electron chi connectivity index (χ3n) is 24.2. The molecule has 19 atom stereocenters. The number of hydrogen-bond acceptors (Lipinski definition) is 24. The maximum atomic E-state index is 14.9. The van der Waals surface area contributed by atoms with Gasteiger partial charge in [-0.15, -0.1) is 0 Å². The molecule has 0 spiro atoms. The molecule has 26 heteroatoms. The van der Waals surface area contributed by atoms with Crippen LogP contribution in [0.25, 0.3) is 0 Å². The highest BCUT2D eigenvalue weighted by molar-refractivity contribution is 7.47. The number of rotatable bonds is 79. The molecule has 0 aromatic heterocycles. The molecule has 2 aliphatic heterocycles. The van der Waals surface area contributed by atoms with Crippen LogP contribution in [0.1, 0.15) is 426 Å². The van der Waals surface area contributed by atoms with Crippen molar-refractivity contribution in [3.05, 3.63) is 12.2 Å². The first kappa shape index (κ1) is 111. The zero-order valence-corrected chi connectivity index (χ0v) is 76.4. The smallest absolute Gasteiger partial charge is 0.463 e. The van der Waals surface area contributed by atoms with Gasteiger partial charge in [-0.25, -0.2) is 4.57 Å². The molecule has 1 aliphatic carbocycles. The van der Waals surface area contributed by atoms with Gasteiger partial charge in [0.15, 0.2) is 24.8 Å². The molecule has 3 rings (SSSR count). The second kappa shape index (κ2) is 72.2. The number of carbonyl (C=O) groups excluding carboxylic acids is 4. The van der Waals surface area contributed by atoms with E-state index in [0.29, 0.717) is 38.0 Å². The summed E-state index contributed by atoms with van der Waals surface area (Å²) in [5.41, 5.74) is 0. The van der Waals surface area contributed by atoms with Gasteiger partial charge in [-0.3, -0.25) is 28.2 Å². The maximum Gasteiger partial charge on any atom is 0.472 e. The largest absolute Gasteiger partial charge is 0.472 e. The van der Waals surface area contributed by atoms with E-state index in [1.54, 1.807) is 0 Å². The number of phosphoric acid groups is 1. The Morgan fingerprint density at radius 1 is 0.350 bits per heavy atom. The van der Waals surface area contributed by atoms with Gasteiger partial charge in [0.2, 0.25) is 0 Å². The van der Waals surface area contributed by atoms with Gasteiger partial charge in [0.05, 0.1) is 13.2 Å². The summed E-state index contributed by atoms with van der Waals surface area (Å²) in [5, 5.41) is 102. The van der Waals surface area contributed by atoms with E-state index in [2.05, 4.69) is 46.8 Å². The molecule has 0 radical (unpaired) electrons. The van der Waals surface area contributed by atoms with Gasteiger partial charge >= 0.3 is 31.7 Å². The number of ether oxygens (including phenoxy) is 8. The first-order chi connectivity index (χ1) is 58.1. The lowest BCUT2D eigenvalue weighted by Gasteiger charge is -2.50. The van der Waals surface area contributed by atoms with Crippen LogP contribution < -0.4 is 0 Å². The fourth-order valence-electron chi connectivity index (χ4n) is 16.3. The highest BCUT2D eigenvalue weighted by Crippen LogP contribution is 2.49. The van der Waals surface area contributed by atoms with E-state index in [0.717, 1.165) is 141 Å². The van der Waals surface area contributed by atoms with Crippen LogP contribution in [-0.4, -0.2) is 205 Å². The van der Waals surface area contributed by atoms with E-state index >= 15 is 0 Å². The Morgan fingerprint density at radius 3 is 1.08 bits per heavy atom. The number of allylic oxidation sites excluding steroid dienone is 2. The molecule has 3 fully saturated rings. The van der Waals surface area contributed by atoms with Gasteiger partial charge in [-0.05, 0) is 57.3 Å². The standard InChI is InChI=1S/C94H175O25P/c1-6-10-14-18-22-25-28-31-34-37-40-43-46-53-59-65-77(96)110-70-74(113-79(98)67-61-55-47-44-41-38-35-32-29-26-23-19-15-11-7-2)71-112-120(108,109)119-92-90(117-93-87(106)83(102)81(100)75(69-95)114-93)86(105)85(104)89(116-80(99)68-62-56-48-45-42-39-36-33-30-27-24-20-16-12-8-3)91(92)118-94-88(107)84(103)82(101)76(115-94)72-111-78(97)66-60-54-50-49-52-58-64-73(5)63-57-51-21-17-13-9-4/h27,30,73-76,81-95,100-107H,6-26,28-29,31-72H2,1-5H3,(H,108,109)/b30-27-. The minimum atomic E-state index is -5.81. The van der Waals surface area contributed by atoms with Gasteiger partial charge < -0.3 is 88.7 Å². The van der Waals surface area contributed by atoms with Gasteiger partial charge in [-0.2, -0.15) is 0 Å². The van der Waals surface area contributed by atoms with E-state index in [4.69, 9.17) is 46.9 Å². The predicted molar refractivity (Wildman–Crippen MR) is 467 cm³/mol. The number of aliphatic hydroxyl groups excluding tert-OH is 9. The van der Waals surface area contributed by atoms with Crippen LogP contribution in [0.2, 0.25) is 0 Å². The average Bonchev–Trinajstić information content (AvgIpc) is 0.749. The summed E-state index contributed by atoms with van der Waals surface area (Å²) in [6.07, 6.45) is 30.4. The number of hydrogen-bond donors (Lipinski definition) is 10. The van der Waals surface area contributed by atoms with Crippen LogP contribution in [0, 0.1) is 5.92 Å². The quantitative estimate of drug-likeness (QED) is 0.00889. The molecule has 19 unspecified atom stereocenters. The molecule has 0 aromatic rings. The van der Waals surface area contributed by atoms with E-state index in [1.165, 1.54) is 193 Å². The van der Waals surface area contributed by atoms with Crippen molar-refractivity contribution < 1.29 is 122 Å². The van der Waals surface area contributed by atoms with Crippen molar-refractivity contribution in [1.29, 1.82) is 0 Å². The second-order valence-electron chi connectivity index (χ2n) is 35.2. The lowest BCUT2D eigenvalue weighted by atomic mass is 9.84. The predicted octanol–water partition coefficient (Wildman–Crippen LogP) is 18.6. The number of phosphoric ester groups is 1. The Kier molecular flexibility index (Phi) is 67.0. The molecule has 3 aliphatic rings. The third-order valence-corrected chi connectivity index (χ3v) is 25.2. The lowest BCUT2D eigenvalue weighted by Crippen LogP contribution is -2.70. The zero-order valence-electron chi connectivity index (χ0n) is 75.6. The van der Waals surface area contributed by atoms with Crippen LogP contribution in [0.5, 0.6) is 0 Å². The lowest BCUT2D eigenvalue weighted by molar-refractivity contribution is -0.360. The zero-order chi connectivity index (χ0) is 87.6. The third kappa shape index (κ3) is 51.9. The van der Waals surface area contributed by atoms with Crippen LogP contribution in [0.15, 0.2) is 12.2 Å². The van der Waals surface area contributed by atoms with Crippen LogP contribution in [0.3, 0.4) is 0 Å². The summed E-state index contributed by atoms with van der Waals surface area (Å²) in [6, 6.07) is 0. The van der Waals surface area contributed by atoms with Crippen molar-refractivity contribution in [2.45, 2.75) is 530 Å². The van der Waals surface area contributed by atoms with Crippen molar-refractivity contribution in [2.24, 2.45) is 5.92 Å². The van der Waals surface area contributed by atoms with E-state index in [9.17, 15) is 74.6 Å². The van der Waals surface area contributed by atoms with Crippen LogP contribution in [0.4, 0.5) is 0 Å². The van der Waals surface area contributed by atoms with Gasteiger partial charge in [-0.1, -0.05) is 361 Å². The van der Waals surface area contributed by atoms with Gasteiger partial charge in [0.1, 0.15) is 92.6 Å². The second-order valence-corrected chi connectivity index (χ2v) is 36.6. The van der Waals surface area contributed by atoms with E-state index in [-0.39, 0.29) is 25.7 Å². The maximum absolute atomic E-state index is 14.9. The molecule has 0 aromatic carbocycles. The fraction of sp³-hybridized carbons (Fsp3) is 0.936. The molecule has 0 amide bonds. The molecular weight excluding hydrogens is 1560 g/mol. The van der Waals surface area contributed by atoms with E-state index in [1.807, 2.05) is 0 Å². The van der Waals surface area contributed by atoms with Gasteiger partial charge in [0, 0.05) is 25.7 Å². The van der Waals surface area contributed by atoms with Crippen molar-refractivity contribution in [2.75, 3.05) is 26.4 Å². The topological polar surface area (TPSA) is 380 Å².